The molecule has 1 aliphatic carbocycles. The average Bonchev–Trinajstić information content (AvgIpc) is 3.52. The Kier molecular flexibility index (Phi) is 9.63. The minimum atomic E-state index is 0. The molecule has 1 amide bonds. The lowest BCUT2D eigenvalue weighted by molar-refractivity contribution is -0.137. The van der Waals surface area contributed by atoms with Crippen LogP contribution in [-0.4, -0.2) is 95.5 Å². The van der Waals surface area contributed by atoms with Gasteiger partial charge in [0.05, 0.1) is 12.4 Å². The molecule has 1 saturated carbocycles. The lowest BCUT2D eigenvalue weighted by atomic mass is 9.93. The zero-order valence-corrected chi connectivity index (χ0v) is 22.0. The van der Waals surface area contributed by atoms with Gasteiger partial charge in [0.25, 0.3) is 0 Å². The van der Waals surface area contributed by atoms with Gasteiger partial charge >= 0.3 is 0 Å². The van der Waals surface area contributed by atoms with Crippen molar-refractivity contribution in [3.05, 3.63) is 18.7 Å². The highest BCUT2D eigenvalue weighted by Gasteiger charge is 2.30. The van der Waals surface area contributed by atoms with Crippen molar-refractivity contribution in [3.8, 4) is 0 Å². The van der Waals surface area contributed by atoms with Crippen LogP contribution in [0.3, 0.4) is 0 Å². The number of rotatable bonds is 5. The molecule has 3 aliphatic rings. The van der Waals surface area contributed by atoms with E-state index in [4.69, 9.17) is 0 Å². The molecule has 1 aromatic heterocycles. The smallest absolute Gasteiger partial charge is 0.225 e. The number of piperidine rings is 1. The molecular weight excluding hydrogens is 517 g/mol. The van der Waals surface area contributed by atoms with Crippen molar-refractivity contribution < 1.29 is 4.79 Å². The third-order valence-corrected chi connectivity index (χ3v) is 7.44. The van der Waals surface area contributed by atoms with Gasteiger partial charge in [0, 0.05) is 77.7 Å². The number of likely N-dealkylation sites (tertiary alicyclic amines) is 1. The summed E-state index contributed by atoms with van der Waals surface area (Å²) in [5.41, 5.74) is 0. The van der Waals surface area contributed by atoms with Gasteiger partial charge in [-0.1, -0.05) is 19.8 Å². The van der Waals surface area contributed by atoms with Crippen molar-refractivity contribution in [1.82, 2.24) is 29.6 Å². The molecule has 2 unspecified atom stereocenters. The van der Waals surface area contributed by atoms with Crippen molar-refractivity contribution in [2.45, 2.75) is 45.1 Å². The lowest BCUT2D eigenvalue weighted by Crippen LogP contribution is -2.53. The molecule has 0 radical (unpaired) electrons. The molecule has 32 heavy (non-hydrogen) atoms. The number of carbonyl (C=O) groups excluding carboxylic acids is 1. The molecule has 9 heteroatoms. The molecule has 0 bridgehead atoms. The van der Waals surface area contributed by atoms with E-state index in [1.807, 2.05) is 19.6 Å². The van der Waals surface area contributed by atoms with Gasteiger partial charge in [0.2, 0.25) is 5.91 Å². The van der Waals surface area contributed by atoms with Crippen LogP contribution >= 0.6 is 24.0 Å². The van der Waals surface area contributed by atoms with E-state index in [2.05, 4.69) is 47.7 Å². The van der Waals surface area contributed by atoms with Gasteiger partial charge in [-0.05, 0) is 25.2 Å². The molecule has 2 saturated heterocycles. The minimum Gasteiger partial charge on any atom is -0.355 e. The van der Waals surface area contributed by atoms with Gasteiger partial charge in [0.15, 0.2) is 5.96 Å². The number of guanidine groups is 1. The third-order valence-electron chi connectivity index (χ3n) is 7.44. The highest BCUT2D eigenvalue weighted by atomic mass is 127. The Morgan fingerprint density at radius 3 is 2.50 bits per heavy atom. The lowest BCUT2D eigenvalue weighted by Gasteiger charge is -2.39. The van der Waals surface area contributed by atoms with Crippen molar-refractivity contribution in [3.63, 3.8) is 0 Å². The predicted octanol–water partition coefficient (Wildman–Crippen LogP) is 2.29. The van der Waals surface area contributed by atoms with Crippen LogP contribution in [0.1, 0.15) is 45.1 Å². The first-order valence-corrected chi connectivity index (χ1v) is 12.1. The van der Waals surface area contributed by atoms with E-state index in [-0.39, 0.29) is 24.0 Å². The second-order valence-electron chi connectivity index (χ2n) is 9.41. The van der Waals surface area contributed by atoms with Crippen LogP contribution < -0.4 is 5.32 Å². The minimum absolute atomic E-state index is 0. The highest BCUT2D eigenvalue weighted by molar-refractivity contribution is 14.0. The number of piperazine rings is 1. The Balaban J connectivity index is 0.00000289. The van der Waals surface area contributed by atoms with Crippen LogP contribution in [0.15, 0.2) is 23.7 Å². The normalized spacial score (nSPS) is 25.6. The Bertz CT molecular complexity index is 727. The molecule has 8 nitrogen and oxygen atoms in total. The van der Waals surface area contributed by atoms with E-state index in [0.29, 0.717) is 23.8 Å². The summed E-state index contributed by atoms with van der Waals surface area (Å²) in [4.78, 5) is 28.3. The fourth-order valence-electron chi connectivity index (χ4n) is 5.38. The van der Waals surface area contributed by atoms with E-state index in [0.717, 1.165) is 77.6 Å². The summed E-state index contributed by atoms with van der Waals surface area (Å²) in [7, 11) is 1.87. The molecule has 3 fully saturated rings. The van der Waals surface area contributed by atoms with E-state index >= 15 is 0 Å². The van der Waals surface area contributed by atoms with Gasteiger partial charge in [-0.3, -0.25) is 14.7 Å². The molecule has 1 N–H and O–H groups in total. The molecule has 4 rings (SSSR count). The van der Waals surface area contributed by atoms with Gasteiger partial charge in [-0.15, -0.1) is 24.0 Å². The van der Waals surface area contributed by atoms with Crippen LogP contribution in [0.25, 0.3) is 0 Å². The number of amides is 1. The topological polar surface area (TPSA) is 69.0 Å². The molecule has 3 heterocycles. The molecule has 0 aromatic carbocycles. The first-order valence-electron chi connectivity index (χ1n) is 12.1. The number of carbonyl (C=O) groups is 1. The number of aromatic nitrogens is 2. The quantitative estimate of drug-likeness (QED) is 0.342. The zero-order valence-electron chi connectivity index (χ0n) is 19.7. The Morgan fingerprint density at radius 2 is 1.84 bits per heavy atom. The number of imidazole rings is 1. The van der Waals surface area contributed by atoms with Crippen LogP contribution in [0.5, 0.6) is 0 Å². The van der Waals surface area contributed by atoms with Crippen LogP contribution in [-0.2, 0) is 4.79 Å². The Hall–Kier alpha value is -1.36. The molecule has 0 spiro atoms. The van der Waals surface area contributed by atoms with Crippen molar-refractivity contribution in [2.24, 2.45) is 16.8 Å². The third kappa shape index (κ3) is 6.15. The number of aliphatic imine (C=N–C) groups is 1. The van der Waals surface area contributed by atoms with Crippen LogP contribution in [0.2, 0.25) is 0 Å². The summed E-state index contributed by atoms with van der Waals surface area (Å²) < 4.78 is 2.23. The summed E-state index contributed by atoms with van der Waals surface area (Å²) in [5, 5.41) is 3.57. The second-order valence-corrected chi connectivity index (χ2v) is 9.41. The fraction of sp³-hybridized carbons (Fsp3) is 0.783. The van der Waals surface area contributed by atoms with Crippen LogP contribution in [0.4, 0.5) is 0 Å². The first-order chi connectivity index (χ1) is 15.2. The number of halogens is 1. The van der Waals surface area contributed by atoms with Gasteiger partial charge < -0.3 is 19.7 Å². The van der Waals surface area contributed by atoms with Crippen molar-refractivity contribution in [2.75, 3.05) is 59.4 Å². The Morgan fingerprint density at radius 1 is 1.09 bits per heavy atom. The van der Waals surface area contributed by atoms with Gasteiger partial charge in [-0.25, -0.2) is 4.98 Å². The number of nitrogens with one attached hydrogen (secondary N) is 1. The molecule has 1 aromatic rings. The number of nitrogens with zero attached hydrogens (tertiary/aromatic N) is 6. The molecule has 2 aliphatic heterocycles. The number of hydrogen-bond donors (Lipinski definition) is 1. The van der Waals surface area contributed by atoms with E-state index < -0.39 is 0 Å². The van der Waals surface area contributed by atoms with E-state index in [1.165, 1.54) is 12.8 Å². The van der Waals surface area contributed by atoms with Crippen molar-refractivity contribution >= 4 is 35.8 Å². The predicted molar refractivity (Wildman–Crippen MR) is 138 cm³/mol. The number of hydrogen-bond acceptors (Lipinski definition) is 4. The maximum Gasteiger partial charge on any atom is 0.225 e. The Labute approximate surface area is 209 Å². The molecule has 2 atom stereocenters. The zero-order chi connectivity index (χ0) is 21.6. The first kappa shape index (κ1) is 25.3. The largest absolute Gasteiger partial charge is 0.355 e. The van der Waals surface area contributed by atoms with Gasteiger partial charge in [-0.2, -0.15) is 0 Å². The van der Waals surface area contributed by atoms with Crippen LogP contribution in [0, 0.1) is 11.8 Å². The standard InChI is InChI=1S/C23H39N7O.HI/c1-19-7-10-29(17-21(19)30-12-8-25-18-30)23(24-2)26-9-11-27-13-15-28(16-14-27)22(31)20-5-3-4-6-20;/h8,12,18-21H,3-7,9-11,13-17H2,1-2H3,(H,24,26);1H. The maximum atomic E-state index is 12.6. The highest BCUT2D eigenvalue weighted by Crippen LogP contribution is 2.28. The SMILES string of the molecule is CN=C(NCCN1CCN(C(=O)C2CCCC2)CC1)N1CCC(C)C(n2ccnc2)C1.I. The summed E-state index contributed by atoms with van der Waals surface area (Å²) >= 11 is 0. The fourth-order valence-corrected chi connectivity index (χ4v) is 5.38. The van der Waals surface area contributed by atoms with Crippen molar-refractivity contribution in [1.29, 1.82) is 0 Å². The summed E-state index contributed by atoms with van der Waals surface area (Å²) in [6, 6.07) is 0.431. The van der Waals surface area contributed by atoms with E-state index in [9.17, 15) is 4.79 Å². The molecule has 180 valence electrons. The summed E-state index contributed by atoms with van der Waals surface area (Å²) in [5.74, 6) is 2.33. The monoisotopic (exact) mass is 557 g/mol. The summed E-state index contributed by atoms with van der Waals surface area (Å²) in [6.45, 7) is 9.89. The summed E-state index contributed by atoms with van der Waals surface area (Å²) in [6.07, 6.45) is 11.7. The maximum absolute atomic E-state index is 12.6. The average molecular weight is 558 g/mol. The molecular formula is C23H40IN7O. The van der Waals surface area contributed by atoms with Gasteiger partial charge in [0.1, 0.15) is 0 Å². The second kappa shape index (κ2) is 12.2. The van der Waals surface area contributed by atoms with E-state index in [1.54, 1.807) is 0 Å².